The van der Waals surface area contributed by atoms with Crippen molar-refractivity contribution in [1.82, 2.24) is 4.98 Å². The summed E-state index contributed by atoms with van der Waals surface area (Å²) in [4.78, 5) is 4.48. The van der Waals surface area contributed by atoms with Crippen molar-refractivity contribution >= 4 is 32.9 Å². The van der Waals surface area contributed by atoms with Crippen molar-refractivity contribution in [2.24, 2.45) is 10.2 Å². The lowest BCUT2D eigenvalue weighted by Gasteiger charge is -2.02. The van der Waals surface area contributed by atoms with Crippen molar-refractivity contribution in [2.75, 3.05) is 0 Å². The van der Waals surface area contributed by atoms with Crippen LogP contribution in [-0.4, -0.2) is 10.1 Å². The largest absolute Gasteiger partial charge is 0.506 e. The predicted octanol–water partition coefficient (Wildman–Crippen LogP) is 6.08. The number of nitrogens with zero attached hydrogens (tertiary/aromatic N) is 3. The van der Waals surface area contributed by atoms with Crippen molar-refractivity contribution in [3.8, 4) is 17.0 Å². The van der Waals surface area contributed by atoms with E-state index in [1.165, 1.54) is 11.3 Å². The fraction of sp³-hybridized carbons (Fsp3) is 0. The zero-order chi connectivity index (χ0) is 16.4. The zero-order valence-corrected chi connectivity index (χ0v) is 13.4. The third kappa shape index (κ3) is 2.77. The maximum absolute atomic E-state index is 10.1. The molecule has 0 saturated carbocycles. The molecule has 3 aromatic carbocycles. The van der Waals surface area contributed by atoms with E-state index in [0.717, 1.165) is 22.0 Å². The second-order valence-electron chi connectivity index (χ2n) is 5.24. The van der Waals surface area contributed by atoms with Crippen LogP contribution in [0.15, 0.2) is 82.3 Å². The molecular weight excluding hydrogens is 318 g/mol. The number of fused-ring (bicyclic) bond motifs is 1. The number of benzene rings is 3. The summed E-state index contributed by atoms with van der Waals surface area (Å²) in [7, 11) is 0. The van der Waals surface area contributed by atoms with Gasteiger partial charge in [0.25, 0.3) is 0 Å². The van der Waals surface area contributed by atoms with Gasteiger partial charge in [0.2, 0.25) is 5.13 Å². The lowest BCUT2D eigenvalue weighted by atomic mass is 10.1. The van der Waals surface area contributed by atoms with E-state index in [1.807, 2.05) is 66.0 Å². The van der Waals surface area contributed by atoms with Crippen LogP contribution in [-0.2, 0) is 0 Å². The molecule has 4 rings (SSSR count). The van der Waals surface area contributed by atoms with Gasteiger partial charge in [0.05, 0.1) is 5.69 Å². The van der Waals surface area contributed by atoms with Crippen LogP contribution in [0.1, 0.15) is 0 Å². The number of aromatic nitrogens is 1. The monoisotopic (exact) mass is 331 g/mol. The van der Waals surface area contributed by atoms with Crippen LogP contribution in [0, 0.1) is 0 Å². The van der Waals surface area contributed by atoms with Gasteiger partial charge >= 0.3 is 0 Å². The van der Waals surface area contributed by atoms with Crippen LogP contribution in [0.4, 0.5) is 10.8 Å². The second-order valence-corrected chi connectivity index (χ2v) is 6.07. The average Bonchev–Trinajstić information content (AvgIpc) is 3.11. The van der Waals surface area contributed by atoms with E-state index in [1.54, 1.807) is 6.07 Å². The summed E-state index contributed by atoms with van der Waals surface area (Å²) in [6.45, 7) is 0. The highest BCUT2D eigenvalue weighted by atomic mass is 32.1. The standard InChI is InChI=1S/C19H13N3OS/c23-17-11-10-13-6-4-5-9-15(13)18(17)21-22-19-20-16(12-24-19)14-7-2-1-3-8-14/h1-12,23H. The summed E-state index contributed by atoms with van der Waals surface area (Å²) in [5.74, 6) is 0.109. The van der Waals surface area contributed by atoms with Gasteiger partial charge in [0.1, 0.15) is 11.4 Å². The smallest absolute Gasteiger partial charge is 0.230 e. The number of hydrogen-bond donors (Lipinski definition) is 1. The summed E-state index contributed by atoms with van der Waals surface area (Å²) in [5.41, 5.74) is 2.38. The molecule has 0 aliphatic heterocycles. The summed E-state index contributed by atoms with van der Waals surface area (Å²) in [5, 5.41) is 22.9. The van der Waals surface area contributed by atoms with Gasteiger partial charge < -0.3 is 5.11 Å². The Bertz CT molecular complexity index is 1030. The average molecular weight is 331 g/mol. The molecule has 116 valence electrons. The lowest BCUT2D eigenvalue weighted by molar-refractivity contribution is 0.477. The minimum absolute atomic E-state index is 0.109. The van der Waals surface area contributed by atoms with Gasteiger partial charge in [-0.05, 0) is 11.5 Å². The topological polar surface area (TPSA) is 57.8 Å². The molecule has 5 heteroatoms. The minimum atomic E-state index is 0.109. The normalized spacial score (nSPS) is 11.3. The molecule has 24 heavy (non-hydrogen) atoms. The van der Waals surface area contributed by atoms with Gasteiger partial charge in [-0.3, -0.25) is 0 Å². The maximum Gasteiger partial charge on any atom is 0.230 e. The van der Waals surface area contributed by atoms with Crippen molar-refractivity contribution in [3.63, 3.8) is 0 Å². The fourth-order valence-electron chi connectivity index (χ4n) is 2.49. The van der Waals surface area contributed by atoms with Crippen LogP contribution in [0.5, 0.6) is 5.75 Å². The van der Waals surface area contributed by atoms with Crippen LogP contribution in [0.3, 0.4) is 0 Å². The quantitative estimate of drug-likeness (QED) is 0.462. The third-order valence-electron chi connectivity index (χ3n) is 3.68. The maximum atomic E-state index is 10.1. The molecule has 0 saturated heterocycles. The molecule has 1 N–H and O–H groups in total. The van der Waals surface area contributed by atoms with Gasteiger partial charge in [-0.1, -0.05) is 60.7 Å². The highest BCUT2D eigenvalue weighted by Crippen LogP contribution is 2.36. The summed E-state index contributed by atoms with van der Waals surface area (Å²) in [6, 6.07) is 21.2. The van der Waals surface area contributed by atoms with Gasteiger partial charge in [0.15, 0.2) is 0 Å². The Morgan fingerprint density at radius 1 is 0.833 bits per heavy atom. The molecule has 0 radical (unpaired) electrons. The van der Waals surface area contributed by atoms with E-state index in [-0.39, 0.29) is 5.75 Å². The van der Waals surface area contributed by atoms with Crippen molar-refractivity contribution in [1.29, 1.82) is 0 Å². The van der Waals surface area contributed by atoms with Crippen LogP contribution in [0.25, 0.3) is 22.0 Å². The molecule has 1 heterocycles. The first-order chi connectivity index (χ1) is 11.8. The van der Waals surface area contributed by atoms with Crippen LogP contribution in [0.2, 0.25) is 0 Å². The Kier molecular flexibility index (Phi) is 3.76. The van der Waals surface area contributed by atoms with Crippen LogP contribution >= 0.6 is 11.3 Å². The van der Waals surface area contributed by atoms with Crippen molar-refractivity contribution < 1.29 is 5.11 Å². The first-order valence-corrected chi connectivity index (χ1v) is 8.32. The highest BCUT2D eigenvalue weighted by Gasteiger charge is 2.07. The van der Waals surface area contributed by atoms with E-state index in [9.17, 15) is 5.11 Å². The predicted molar refractivity (Wildman–Crippen MR) is 97.3 cm³/mol. The Balaban J connectivity index is 1.69. The van der Waals surface area contributed by atoms with Gasteiger partial charge in [-0.15, -0.1) is 21.6 Å². The zero-order valence-electron chi connectivity index (χ0n) is 12.6. The van der Waals surface area contributed by atoms with E-state index >= 15 is 0 Å². The summed E-state index contributed by atoms with van der Waals surface area (Å²) in [6.07, 6.45) is 0. The SMILES string of the molecule is Oc1ccc2ccccc2c1N=Nc1nc(-c2ccccc2)cs1. The number of rotatable bonds is 3. The molecule has 4 nitrogen and oxygen atoms in total. The molecular formula is C19H13N3OS. The molecule has 1 aromatic heterocycles. The Labute approximate surface area is 142 Å². The molecule has 0 spiro atoms. The first-order valence-electron chi connectivity index (χ1n) is 7.45. The number of phenols is 1. The van der Waals surface area contributed by atoms with E-state index in [0.29, 0.717) is 10.8 Å². The minimum Gasteiger partial charge on any atom is -0.506 e. The first kappa shape index (κ1) is 14.5. The molecule has 0 unspecified atom stereocenters. The number of thiazole rings is 1. The van der Waals surface area contributed by atoms with Gasteiger partial charge in [0, 0.05) is 16.3 Å². The summed E-state index contributed by atoms with van der Waals surface area (Å²) >= 11 is 1.42. The van der Waals surface area contributed by atoms with Gasteiger partial charge in [-0.2, -0.15) is 0 Å². The molecule has 0 aliphatic carbocycles. The fourth-order valence-corrected chi connectivity index (χ4v) is 3.14. The molecule has 0 aliphatic rings. The number of azo groups is 1. The number of hydrogen-bond acceptors (Lipinski definition) is 5. The van der Waals surface area contributed by atoms with Crippen molar-refractivity contribution in [2.45, 2.75) is 0 Å². The Hall–Kier alpha value is -3.05. The summed E-state index contributed by atoms with van der Waals surface area (Å²) < 4.78 is 0. The Morgan fingerprint density at radius 3 is 2.50 bits per heavy atom. The Morgan fingerprint density at radius 2 is 1.62 bits per heavy atom. The molecule has 0 amide bonds. The van der Waals surface area contributed by atoms with E-state index in [2.05, 4.69) is 15.2 Å². The van der Waals surface area contributed by atoms with Crippen LogP contribution < -0.4 is 0 Å². The van der Waals surface area contributed by atoms with Gasteiger partial charge in [-0.25, -0.2) is 4.98 Å². The molecule has 0 bridgehead atoms. The number of aromatic hydroxyl groups is 1. The lowest BCUT2D eigenvalue weighted by Crippen LogP contribution is -1.75. The molecule has 4 aromatic rings. The van der Waals surface area contributed by atoms with Crippen molar-refractivity contribution in [3.05, 3.63) is 72.1 Å². The number of phenolic OH excluding ortho intramolecular Hbond substituents is 1. The molecule has 0 fully saturated rings. The second kappa shape index (κ2) is 6.22. The highest BCUT2D eigenvalue weighted by molar-refractivity contribution is 7.13. The molecule has 0 atom stereocenters. The van der Waals surface area contributed by atoms with E-state index in [4.69, 9.17) is 0 Å². The van der Waals surface area contributed by atoms with E-state index < -0.39 is 0 Å². The third-order valence-corrected chi connectivity index (χ3v) is 4.40.